The number of hydrogen-bond acceptors (Lipinski definition) is 5. The highest BCUT2D eigenvalue weighted by atomic mass is 35.5. The van der Waals surface area contributed by atoms with E-state index >= 15 is 0 Å². The second kappa shape index (κ2) is 5.46. The molecule has 1 aromatic carbocycles. The predicted octanol–water partition coefficient (Wildman–Crippen LogP) is 3.00. The van der Waals surface area contributed by atoms with E-state index in [1.54, 1.807) is 17.5 Å². The molecular formula is C12H12ClN3O2S. The van der Waals surface area contributed by atoms with Crippen molar-refractivity contribution >= 4 is 40.3 Å². The summed E-state index contributed by atoms with van der Waals surface area (Å²) < 4.78 is 0. The van der Waals surface area contributed by atoms with E-state index in [1.165, 1.54) is 12.1 Å². The molecule has 0 aliphatic rings. The predicted molar refractivity (Wildman–Crippen MR) is 77.0 cm³/mol. The molecule has 0 aliphatic carbocycles. The van der Waals surface area contributed by atoms with Crippen LogP contribution < -0.4 is 11.1 Å². The van der Waals surface area contributed by atoms with Gasteiger partial charge in [0.2, 0.25) is 0 Å². The van der Waals surface area contributed by atoms with Crippen LogP contribution in [0.3, 0.4) is 0 Å². The topological polar surface area (TPSA) is 88.2 Å². The summed E-state index contributed by atoms with van der Waals surface area (Å²) in [6.07, 6.45) is 1.77. The van der Waals surface area contributed by atoms with Crippen LogP contribution in [-0.4, -0.2) is 16.1 Å². The zero-order chi connectivity index (χ0) is 14.0. The first kappa shape index (κ1) is 13.6. The number of aromatic carboxylic acids is 1. The molecule has 0 aliphatic heterocycles. The number of aryl methyl sites for hydroxylation is 1. The minimum Gasteiger partial charge on any atom is -0.478 e. The van der Waals surface area contributed by atoms with Crippen LogP contribution in [0.25, 0.3) is 0 Å². The van der Waals surface area contributed by atoms with Crippen molar-refractivity contribution in [3.05, 3.63) is 38.8 Å². The molecule has 1 aromatic heterocycles. The zero-order valence-corrected chi connectivity index (χ0v) is 11.7. The van der Waals surface area contributed by atoms with Gasteiger partial charge in [-0.25, -0.2) is 9.78 Å². The lowest BCUT2D eigenvalue weighted by molar-refractivity contribution is 0.0698. The lowest BCUT2D eigenvalue weighted by Gasteiger charge is -2.11. The first-order chi connectivity index (χ1) is 8.97. The molecule has 100 valence electrons. The maximum atomic E-state index is 11.2. The molecule has 0 atom stereocenters. The van der Waals surface area contributed by atoms with Crippen LogP contribution in [0.15, 0.2) is 18.3 Å². The minimum absolute atomic E-state index is 0.0540. The molecule has 0 spiro atoms. The average Bonchev–Trinajstić information content (AvgIpc) is 2.73. The van der Waals surface area contributed by atoms with E-state index in [2.05, 4.69) is 10.3 Å². The summed E-state index contributed by atoms with van der Waals surface area (Å²) in [6.45, 7) is 2.38. The number of hydrogen-bond donors (Lipinski definition) is 3. The Morgan fingerprint density at radius 2 is 2.32 bits per heavy atom. The molecule has 0 unspecified atom stereocenters. The lowest BCUT2D eigenvalue weighted by Crippen LogP contribution is -2.08. The van der Waals surface area contributed by atoms with Crippen LogP contribution in [0.4, 0.5) is 11.4 Å². The quantitative estimate of drug-likeness (QED) is 0.755. The van der Waals surface area contributed by atoms with Crippen LogP contribution in [0, 0.1) is 6.92 Å². The molecule has 5 nitrogen and oxygen atoms in total. The number of aromatic nitrogens is 1. The van der Waals surface area contributed by atoms with E-state index in [4.69, 9.17) is 22.4 Å². The number of nitrogens with one attached hydrogen (secondary N) is 1. The van der Waals surface area contributed by atoms with E-state index in [9.17, 15) is 4.79 Å². The normalized spacial score (nSPS) is 10.4. The van der Waals surface area contributed by atoms with Gasteiger partial charge in [-0.3, -0.25) is 0 Å². The van der Waals surface area contributed by atoms with Gasteiger partial charge in [-0.15, -0.1) is 11.3 Å². The molecule has 19 heavy (non-hydrogen) atoms. The maximum Gasteiger partial charge on any atom is 0.337 e. The molecule has 0 amide bonds. The van der Waals surface area contributed by atoms with Crippen molar-refractivity contribution in [1.82, 2.24) is 4.98 Å². The molecule has 0 radical (unpaired) electrons. The van der Waals surface area contributed by atoms with Gasteiger partial charge in [-0.2, -0.15) is 0 Å². The van der Waals surface area contributed by atoms with Gasteiger partial charge < -0.3 is 16.2 Å². The number of benzene rings is 1. The summed E-state index contributed by atoms with van der Waals surface area (Å²) in [4.78, 5) is 16.5. The van der Waals surface area contributed by atoms with Crippen molar-refractivity contribution in [2.45, 2.75) is 13.5 Å². The van der Waals surface area contributed by atoms with Gasteiger partial charge in [0.05, 0.1) is 22.8 Å². The summed E-state index contributed by atoms with van der Waals surface area (Å²) in [5.41, 5.74) is 6.32. The van der Waals surface area contributed by atoms with E-state index in [1.807, 2.05) is 6.92 Å². The molecular weight excluding hydrogens is 286 g/mol. The van der Waals surface area contributed by atoms with Crippen molar-refractivity contribution in [2.75, 3.05) is 11.1 Å². The number of nitrogens with zero attached hydrogens (tertiary/aromatic N) is 1. The number of carbonyl (C=O) groups is 1. The molecule has 2 rings (SSSR count). The fourth-order valence-electron chi connectivity index (χ4n) is 1.62. The van der Waals surface area contributed by atoms with Gasteiger partial charge in [-0.1, -0.05) is 11.6 Å². The van der Waals surface area contributed by atoms with Gasteiger partial charge in [-0.05, 0) is 19.1 Å². The zero-order valence-electron chi connectivity index (χ0n) is 10.1. The number of nitrogen functional groups attached to an aromatic ring is 1. The first-order valence-corrected chi connectivity index (χ1v) is 6.64. The van der Waals surface area contributed by atoms with Crippen molar-refractivity contribution in [3.8, 4) is 0 Å². The molecule has 4 N–H and O–H groups in total. The standard InChI is InChI=1S/C12H12ClN3O2S/c1-6-4-15-10(19-6)5-16-11-8(12(17)18)2-7(14)3-9(11)13/h2-4,16H,5,14H2,1H3,(H,17,18). The minimum atomic E-state index is -1.08. The third-order valence-electron chi connectivity index (χ3n) is 2.43. The summed E-state index contributed by atoms with van der Waals surface area (Å²) in [7, 11) is 0. The Morgan fingerprint density at radius 3 is 2.89 bits per heavy atom. The second-order valence-electron chi connectivity index (χ2n) is 3.95. The number of carboxylic acid groups (broad SMARTS) is 1. The Morgan fingerprint density at radius 1 is 1.58 bits per heavy atom. The molecule has 0 saturated heterocycles. The third kappa shape index (κ3) is 3.15. The van der Waals surface area contributed by atoms with Crippen LogP contribution in [-0.2, 0) is 6.54 Å². The molecule has 7 heteroatoms. The van der Waals surface area contributed by atoms with E-state index in [-0.39, 0.29) is 10.6 Å². The Hall–Kier alpha value is -1.79. The molecule has 0 fully saturated rings. The maximum absolute atomic E-state index is 11.2. The van der Waals surface area contributed by atoms with Crippen molar-refractivity contribution in [2.24, 2.45) is 0 Å². The van der Waals surface area contributed by atoms with Gasteiger partial charge >= 0.3 is 5.97 Å². The van der Waals surface area contributed by atoms with E-state index in [0.29, 0.717) is 17.9 Å². The summed E-state index contributed by atoms with van der Waals surface area (Å²) in [5, 5.41) is 13.3. The average molecular weight is 298 g/mol. The number of halogens is 1. The monoisotopic (exact) mass is 297 g/mol. The third-order valence-corrected chi connectivity index (χ3v) is 3.64. The van der Waals surface area contributed by atoms with E-state index < -0.39 is 5.97 Å². The Bertz CT molecular complexity index is 627. The van der Waals surface area contributed by atoms with Crippen LogP contribution in [0.1, 0.15) is 20.2 Å². The SMILES string of the molecule is Cc1cnc(CNc2c(Cl)cc(N)cc2C(=O)O)s1. The largest absolute Gasteiger partial charge is 0.478 e. The highest BCUT2D eigenvalue weighted by Crippen LogP contribution is 2.30. The van der Waals surface area contributed by atoms with Crippen molar-refractivity contribution in [3.63, 3.8) is 0 Å². The fraction of sp³-hybridized carbons (Fsp3) is 0.167. The Kier molecular flexibility index (Phi) is 3.92. The Balaban J connectivity index is 2.26. The Labute approximate surface area is 119 Å². The summed E-state index contributed by atoms with van der Waals surface area (Å²) >= 11 is 7.57. The lowest BCUT2D eigenvalue weighted by atomic mass is 10.1. The van der Waals surface area contributed by atoms with Crippen LogP contribution >= 0.6 is 22.9 Å². The van der Waals surface area contributed by atoms with Crippen molar-refractivity contribution in [1.29, 1.82) is 0 Å². The molecule has 2 aromatic rings. The van der Waals surface area contributed by atoms with Gasteiger partial charge in [0.1, 0.15) is 5.01 Å². The summed E-state index contributed by atoms with van der Waals surface area (Å²) in [5.74, 6) is -1.08. The first-order valence-electron chi connectivity index (χ1n) is 5.45. The van der Waals surface area contributed by atoms with Gasteiger partial charge in [0.15, 0.2) is 0 Å². The van der Waals surface area contributed by atoms with E-state index in [0.717, 1.165) is 9.88 Å². The van der Waals surface area contributed by atoms with Crippen LogP contribution in [0.2, 0.25) is 5.02 Å². The second-order valence-corrected chi connectivity index (χ2v) is 5.68. The number of anilines is 2. The number of nitrogens with two attached hydrogens (primary N) is 1. The fourth-order valence-corrected chi connectivity index (χ4v) is 2.64. The summed E-state index contributed by atoms with van der Waals surface area (Å²) in [6, 6.07) is 2.90. The molecule has 1 heterocycles. The number of rotatable bonds is 4. The number of thiazole rings is 1. The highest BCUT2D eigenvalue weighted by molar-refractivity contribution is 7.11. The smallest absolute Gasteiger partial charge is 0.337 e. The van der Waals surface area contributed by atoms with Crippen LogP contribution in [0.5, 0.6) is 0 Å². The molecule has 0 bridgehead atoms. The van der Waals surface area contributed by atoms with Crippen molar-refractivity contribution < 1.29 is 9.90 Å². The van der Waals surface area contributed by atoms with Gasteiger partial charge in [0.25, 0.3) is 0 Å². The molecule has 0 saturated carbocycles. The number of carboxylic acids is 1. The highest BCUT2D eigenvalue weighted by Gasteiger charge is 2.15. The van der Waals surface area contributed by atoms with Gasteiger partial charge in [0, 0.05) is 16.8 Å².